The zero-order valence-corrected chi connectivity index (χ0v) is 10.7. The van der Waals surface area contributed by atoms with Crippen LogP contribution in [0.2, 0.25) is 0 Å². The molecule has 0 saturated heterocycles. The first-order valence-electron chi connectivity index (χ1n) is 5.08. The summed E-state index contributed by atoms with van der Waals surface area (Å²) in [7, 11) is 4.04. The third-order valence-electron chi connectivity index (χ3n) is 2.05. The van der Waals surface area contributed by atoms with Gasteiger partial charge in [-0.3, -0.25) is 10.1 Å². The van der Waals surface area contributed by atoms with Crippen LogP contribution in [0.1, 0.15) is 6.42 Å². The van der Waals surface area contributed by atoms with E-state index in [1.54, 1.807) is 6.07 Å². The summed E-state index contributed by atoms with van der Waals surface area (Å²) in [4.78, 5) is 16.0. The minimum absolute atomic E-state index is 0. The van der Waals surface area contributed by atoms with Crippen LogP contribution in [0.4, 0.5) is 11.5 Å². The third-order valence-corrected chi connectivity index (χ3v) is 2.05. The maximum Gasteiger partial charge on any atom is 0.287 e. The molecule has 0 aromatic carbocycles. The van der Waals surface area contributed by atoms with Gasteiger partial charge in [0.2, 0.25) is 0 Å². The summed E-state index contributed by atoms with van der Waals surface area (Å²) < 4.78 is 0. The van der Waals surface area contributed by atoms with E-state index in [1.807, 2.05) is 14.1 Å². The maximum absolute atomic E-state index is 10.4. The lowest BCUT2D eigenvalue weighted by atomic mass is 10.3. The van der Waals surface area contributed by atoms with E-state index in [0.717, 1.165) is 19.5 Å². The van der Waals surface area contributed by atoms with Gasteiger partial charge in [-0.25, -0.2) is 4.98 Å². The minimum Gasteiger partial charge on any atom is -0.370 e. The molecule has 1 heterocycles. The zero-order chi connectivity index (χ0) is 12.0. The van der Waals surface area contributed by atoms with Crippen LogP contribution < -0.4 is 5.32 Å². The molecule has 0 saturated carbocycles. The van der Waals surface area contributed by atoms with E-state index >= 15 is 0 Å². The van der Waals surface area contributed by atoms with Crippen LogP contribution in [0.5, 0.6) is 0 Å². The molecule has 0 aliphatic rings. The molecule has 7 heteroatoms. The Morgan fingerprint density at radius 3 is 2.65 bits per heavy atom. The number of aromatic nitrogens is 1. The van der Waals surface area contributed by atoms with Crippen molar-refractivity contribution in [2.24, 2.45) is 0 Å². The summed E-state index contributed by atoms with van der Waals surface area (Å²) in [5.41, 5.74) is 0.0128. The van der Waals surface area contributed by atoms with Crippen LogP contribution in [-0.4, -0.2) is 42.0 Å². The molecular formula is C10H17ClN4O2. The van der Waals surface area contributed by atoms with E-state index in [1.165, 1.54) is 12.3 Å². The van der Waals surface area contributed by atoms with Crippen LogP contribution in [-0.2, 0) is 0 Å². The number of hydrogen-bond acceptors (Lipinski definition) is 5. The van der Waals surface area contributed by atoms with Crippen molar-refractivity contribution in [2.45, 2.75) is 6.42 Å². The Hall–Kier alpha value is -1.40. The summed E-state index contributed by atoms with van der Waals surface area (Å²) in [6.07, 6.45) is 2.26. The average molecular weight is 261 g/mol. The predicted molar refractivity (Wildman–Crippen MR) is 69.8 cm³/mol. The number of nitro groups is 1. The Morgan fingerprint density at radius 2 is 2.18 bits per heavy atom. The number of anilines is 1. The molecular weight excluding hydrogens is 244 g/mol. The number of hydrogen-bond donors (Lipinski definition) is 1. The SMILES string of the molecule is CN(C)CCCNc1ccc([N+](=O)[O-])cn1.Cl. The lowest BCUT2D eigenvalue weighted by Crippen LogP contribution is -2.16. The summed E-state index contributed by atoms with van der Waals surface area (Å²) in [6.45, 7) is 1.81. The molecule has 6 nitrogen and oxygen atoms in total. The van der Waals surface area contributed by atoms with Crippen molar-refractivity contribution in [1.29, 1.82) is 0 Å². The van der Waals surface area contributed by atoms with Crippen LogP contribution in [0.15, 0.2) is 18.3 Å². The third kappa shape index (κ3) is 6.03. The fourth-order valence-corrected chi connectivity index (χ4v) is 1.21. The van der Waals surface area contributed by atoms with E-state index < -0.39 is 4.92 Å². The second-order valence-electron chi connectivity index (χ2n) is 3.74. The van der Waals surface area contributed by atoms with Crippen LogP contribution in [0.3, 0.4) is 0 Å². The smallest absolute Gasteiger partial charge is 0.287 e. The first-order valence-corrected chi connectivity index (χ1v) is 5.08. The monoisotopic (exact) mass is 260 g/mol. The van der Waals surface area contributed by atoms with Gasteiger partial charge < -0.3 is 10.2 Å². The van der Waals surface area contributed by atoms with Gasteiger partial charge in [0.25, 0.3) is 5.69 Å². The molecule has 96 valence electrons. The van der Waals surface area contributed by atoms with E-state index in [2.05, 4.69) is 15.2 Å². The van der Waals surface area contributed by atoms with Gasteiger partial charge in [-0.05, 0) is 33.1 Å². The van der Waals surface area contributed by atoms with Crippen LogP contribution >= 0.6 is 12.4 Å². The lowest BCUT2D eigenvalue weighted by molar-refractivity contribution is -0.385. The molecule has 0 aliphatic heterocycles. The standard InChI is InChI=1S/C10H16N4O2.ClH/c1-13(2)7-3-6-11-10-5-4-9(8-12-10)14(15)16;/h4-5,8H,3,6-7H2,1-2H3,(H,11,12);1H. The fraction of sp³-hybridized carbons (Fsp3) is 0.500. The Kier molecular flexibility index (Phi) is 7.16. The van der Waals surface area contributed by atoms with Crippen molar-refractivity contribution in [3.05, 3.63) is 28.4 Å². The molecule has 1 aromatic heterocycles. The van der Waals surface area contributed by atoms with E-state index in [9.17, 15) is 10.1 Å². The Labute approximate surface area is 107 Å². The molecule has 1 rings (SSSR count). The van der Waals surface area contributed by atoms with Gasteiger partial charge in [0.1, 0.15) is 12.0 Å². The van der Waals surface area contributed by atoms with Crippen LogP contribution in [0.25, 0.3) is 0 Å². The number of nitrogens with one attached hydrogen (secondary N) is 1. The van der Waals surface area contributed by atoms with Crippen molar-refractivity contribution in [2.75, 3.05) is 32.5 Å². The molecule has 0 spiro atoms. The van der Waals surface area contributed by atoms with Crippen LogP contribution in [0, 0.1) is 10.1 Å². The number of rotatable bonds is 6. The van der Waals surface area contributed by atoms with Crippen molar-refractivity contribution in [1.82, 2.24) is 9.88 Å². The first-order chi connectivity index (χ1) is 7.59. The van der Waals surface area contributed by atoms with E-state index in [0.29, 0.717) is 5.82 Å². The van der Waals surface area contributed by atoms with Gasteiger partial charge in [0.15, 0.2) is 0 Å². The van der Waals surface area contributed by atoms with E-state index in [-0.39, 0.29) is 18.1 Å². The first kappa shape index (κ1) is 15.6. The van der Waals surface area contributed by atoms with Gasteiger partial charge in [0, 0.05) is 12.6 Å². The molecule has 1 aromatic rings. The Bertz CT molecular complexity index is 343. The van der Waals surface area contributed by atoms with Crippen molar-refractivity contribution < 1.29 is 4.92 Å². The van der Waals surface area contributed by atoms with Gasteiger partial charge in [-0.1, -0.05) is 0 Å². The second-order valence-corrected chi connectivity index (χ2v) is 3.74. The molecule has 0 radical (unpaired) electrons. The van der Waals surface area contributed by atoms with Crippen molar-refractivity contribution >= 4 is 23.9 Å². The van der Waals surface area contributed by atoms with Gasteiger partial charge in [-0.2, -0.15) is 0 Å². The van der Waals surface area contributed by atoms with Gasteiger partial charge in [-0.15, -0.1) is 12.4 Å². The average Bonchev–Trinajstić information content (AvgIpc) is 2.25. The van der Waals surface area contributed by atoms with E-state index in [4.69, 9.17) is 0 Å². The molecule has 17 heavy (non-hydrogen) atoms. The minimum atomic E-state index is -0.456. The summed E-state index contributed by atoms with van der Waals surface area (Å²) in [5, 5.41) is 13.5. The topological polar surface area (TPSA) is 71.3 Å². The maximum atomic E-state index is 10.4. The molecule has 0 bridgehead atoms. The molecule has 0 fully saturated rings. The normalized spacial score (nSPS) is 9.82. The predicted octanol–water partition coefficient (Wildman–Crippen LogP) is 1.78. The lowest BCUT2D eigenvalue weighted by Gasteiger charge is -2.09. The Morgan fingerprint density at radius 1 is 1.47 bits per heavy atom. The molecule has 0 atom stereocenters. The number of pyridine rings is 1. The van der Waals surface area contributed by atoms with Crippen molar-refractivity contribution in [3.8, 4) is 0 Å². The van der Waals surface area contributed by atoms with Crippen molar-refractivity contribution in [3.63, 3.8) is 0 Å². The number of nitrogens with zero attached hydrogens (tertiary/aromatic N) is 3. The highest BCUT2D eigenvalue weighted by molar-refractivity contribution is 5.85. The summed E-state index contributed by atoms with van der Waals surface area (Å²) in [5.74, 6) is 0.671. The zero-order valence-electron chi connectivity index (χ0n) is 9.92. The highest BCUT2D eigenvalue weighted by atomic mass is 35.5. The number of halogens is 1. The molecule has 0 aliphatic carbocycles. The summed E-state index contributed by atoms with van der Waals surface area (Å²) in [6, 6.07) is 3.06. The van der Waals surface area contributed by atoms with Gasteiger partial charge in [0.05, 0.1) is 4.92 Å². The quantitative estimate of drug-likeness (QED) is 0.480. The molecule has 1 N–H and O–H groups in total. The molecule has 0 unspecified atom stereocenters. The second kappa shape index (κ2) is 7.81. The molecule has 0 amide bonds. The van der Waals surface area contributed by atoms with Gasteiger partial charge >= 0.3 is 0 Å². The highest BCUT2D eigenvalue weighted by Gasteiger charge is 2.04. The fourth-order valence-electron chi connectivity index (χ4n) is 1.21. The largest absolute Gasteiger partial charge is 0.370 e. The summed E-state index contributed by atoms with van der Waals surface area (Å²) >= 11 is 0. The highest BCUT2D eigenvalue weighted by Crippen LogP contribution is 2.11. The Balaban J connectivity index is 0.00000256.